The lowest BCUT2D eigenvalue weighted by molar-refractivity contribution is -0.186. The molecule has 1 saturated heterocycles. The predicted molar refractivity (Wildman–Crippen MR) is 125 cm³/mol. The highest BCUT2D eigenvalue weighted by Gasteiger charge is 2.44. The van der Waals surface area contributed by atoms with Crippen molar-refractivity contribution in [3.8, 4) is 0 Å². The number of aliphatic imine (C=N–C) groups is 1. The zero-order chi connectivity index (χ0) is 25.0. The molecule has 1 fully saturated rings. The van der Waals surface area contributed by atoms with Crippen LogP contribution in [0.15, 0.2) is 45.3 Å². The molecule has 3 heterocycles. The van der Waals surface area contributed by atoms with Crippen molar-refractivity contribution in [1.82, 2.24) is 15.2 Å². The molecule has 2 aromatic heterocycles. The number of piperidine rings is 1. The number of alkyl halides is 3. The molecule has 184 valence electrons. The Morgan fingerprint density at radius 3 is 2.79 bits per heavy atom. The largest absolute Gasteiger partial charge is 0.438 e. The van der Waals surface area contributed by atoms with Crippen LogP contribution in [0.3, 0.4) is 0 Å². The van der Waals surface area contributed by atoms with Gasteiger partial charge in [-0.15, -0.1) is 0 Å². The summed E-state index contributed by atoms with van der Waals surface area (Å²) in [6.45, 7) is 7.00. The molecule has 2 aromatic rings. The van der Waals surface area contributed by atoms with Gasteiger partial charge in [-0.2, -0.15) is 13.2 Å². The maximum absolute atomic E-state index is 13.4. The first-order valence-corrected chi connectivity index (χ1v) is 11.0. The van der Waals surface area contributed by atoms with Crippen molar-refractivity contribution >= 4 is 29.6 Å². The first-order valence-electron chi connectivity index (χ1n) is 11.0. The van der Waals surface area contributed by atoms with E-state index in [1.54, 1.807) is 25.3 Å². The third-order valence-corrected chi connectivity index (χ3v) is 5.68. The SMILES string of the molecule is C=N/C=C(NC(=O)c1c(N)oc2cc(CCC)cnc12)\C(=C/C)N1C[C@@H](N)C[C@@H](C(F)(F)F)C1. The zero-order valence-electron chi connectivity index (χ0n) is 19.2. The number of fused-ring (bicyclic) bond motifs is 1. The number of aryl methyl sites for hydroxylation is 1. The standard InChI is InChI=1S/C23H29F3N6O2/c1-4-6-13-7-18-20(30-9-13)19(21(28)34-18)22(33)31-16(10-29-3)17(5-2)32-11-14(23(24,25)26)8-15(27)12-32/h5,7,9-10,14-15H,3-4,6,8,11-12,27-28H2,1-2H3,(H,31,33)/b16-10+,17-5+/t14-,15+/m1/s1. The van der Waals surface area contributed by atoms with Gasteiger partial charge in [-0.1, -0.05) is 19.4 Å². The Morgan fingerprint density at radius 2 is 2.18 bits per heavy atom. The zero-order valence-corrected chi connectivity index (χ0v) is 19.2. The average molecular weight is 479 g/mol. The Bertz CT molecular complexity index is 1120. The molecule has 0 aromatic carbocycles. The minimum absolute atomic E-state index is 0.0342. The molecule has 8 nitrogen and oxygen atoms in total. The van der Waals surface area contributed by atoms with Crippen LogP contribution in [-0.2, 0) is 6.42 Å². The molecule has 34 heavy (non-hydrogen) atoms. The van der Waals surface area contributed by atoms with Gasteiger partial charge in [0.2, 0.25) is 5.88 Å². The van der Waals surface area contributed by atoms with E-state index in [-0.39, 0.29) is 36.7 Å². The fourth-order valence-electron chi connectivity index (χ4n) is 4.20. The molecule has 1 aliphatic heterocycles. The van der Waals surface area contributed by atoms with E-state index in [1.807, 2.05) is 6.92 Å². The van der Waals surface area contributed by atoms with Crippen LogP contribution in [0.25, 0.3) is 11.1 Å². The Balaban J connectivity index is 1.90. The third kappa shape index (κ3) is 5.41. The van der Waals surface area contributed by atoms with E-state index >= 15 is 0 Å². The van der Waals surface area contributed by atoms with E-state index in [4.69, 9.17) is 15.9 Å². The summed E-state index contributed by atoms with van der Waals surface area (Å²) in [6.07, 6.45) is 1.68. The number of hydrogen-bond acceptors (Lipinski definition) is 7. The van der Waals surface area contributed by atoms with Crippen LogP contribution in [0.4, 0.5) is 19.1 Å². The summed E-state index contributed by atoms with van der Waals surface area (Å²) in [7, 11) is 0. The number of amides is 1. The predicted octanol–water partition coefficient (Wildman–Crippen LogP) is 3.75. The van der Waals surface area contributed by atoms with Crippen LogP contribution in [0.1, 0.15) is 42.6 Å². The Morgan fingerprint density at radius 1 is 1.44 bits per heavy atom. The number of carbonyl (C=O) groups excluding carboxylic acids is 1. The fourth-order valence-corrected chi connectivity index (χ4v) is 4.20. The van der Waals surface area contributed by atoms with Gasteiger partial charge in [0.25, 0.3) is 5.91 Å². The summed E-state index contributed by atoms with van der Waals surface area (Å²) in [4.78, 5) is 22.7. The molecule has 2 atom stereocenters. The monoisotopic (exact) mass is 478 g/mol. The molecule has 3 rings (SSSR count). The topological polar surface area (TPSA) is 123 Å². The minimum atomic E-state index is -4.38. The van der Waals surface area contributed by atoms with E-state index in [0.717, 1.165) is 18.4 Å². The van der Waals surface area contributed by atoms with Crippen LogP contribution in [0, 0.1) is 5.92 Å². The molecule has 1 aliphatic rings. The number of nitrogen functional groups attached to an aromatic ring is 1. The Labute approximate surface area is 195 Å². The molecule has 0 unspecified atom stereocenters. The quantitative estimate of drug-likeness (QED) is 0.412. The number of allylic oxidation sites excluding steroid dienone is 1. The van der Waals surface area contributed by atoms with E-state index in [0.29, 0.717) is 16.8 Å². The van der Waals surface area contributed by atoms with E-state index in [2.05, 4.69) is 22.0 Å². The van der Waals surface area contributed by atoms with Crippen molar-refractivity contribution in [2.75, 3.05) is 18.8 Å². The van der Waals surface area contributed by atoms with Crippen LogP contribution < -0.4 is 16.8 Å². The van der Waals surface area contributed by atoms with Crippen LogP contribution >= 0.6 is 0 Å². The molecule has 5 N–H and O–H groups in total. The number of likely N-dealkylation sites (tertiary alicyclic amines) is 1. The number of nitrogens with two attached hydrogens (primary N) is 2. The van der Waals surface area contributed by atoms with Crippen molar-refractivity contribution in [3.63, 3.8) is 0 Å². The average Bonchev–Trinajstić information content (AvgIpc) is 3.08. The number of nitrogens with zero attached hydrogens (tertiary/aromatic N) is 3. The number of aromatic nitrogens is 1. The highest BCUT2D eigenvalue weighted by Crippen LogP contribution is 2.35. The minimum Gasteiger partial charge on any atom is -0.438 e. The number of nitrogens with one attached hydrogen (secondary N) is 1. The molecule has 0 spiro atoms. The smallest absolute Gasteiger partial charge is 0.393 e. The molecule has 0 radical (unpaired) electrons. The van der Waals surface area contributed by atoms with Crippen molar-refractivity contribution in [1.29, 1.82) is 0 Å². The van der Waals surface area contributed by atoms with Crippen molar-refractivity contribution in [3.05, 3.63) is 47.1 Å². The lowest BCUT2D eigenvalue weighted by atomic mass is 9.93. The highest BCUT2D eigenvalue weighted by molar-refractivity contribution is 6.09. The highest BCUT2D eigenvalue weighted by atomic mass is 19.4. The summed E-state index contributed by atoms with van der Waals surface area (Å²) >= 11 is 0. The van der Waals surface area contributed by atoms with Crippen molar-refractivity contribution < 1.29 is 22.4 Å². The second-order valence-corrected chi connectivity index (χ2v) is 8.27. The molecule has 0 bridgehead atoms. The molecule has 1 amide bonds. The molecular formula is C23H29F3N6O2. The second kappa shape index (κ2) is 10.3. The van der Waals surface area contributed by atoms with Crippen molar-refractivity contribution in [2.24, 2.45) is 16.6 Å². The number of halogens is 3. The summed E-state index contributed by atoms with van der Waals surface area (Å²) in [5, 5.41) is 2.69. The van der Waals surface area contributed by atoms with Gasteiger partial charge in [0.1, 0.15) is 11.1 Å². The van der Waals surface area contributed by atoms with Gasteiger partial charge in [-0.3, -0.25) is 14.8 Å². The van der Waals surface area contributed by atoms with Gasteiger partial charge in [-0.05, 0) is 38.1 Å². The molecule has 0 saturated carbocycles. The van der Waals surface area contributed by atoms with Gasteiger partial charge in [0.15, 0.2) is 5.58 Å². The number of hydrogen-bond donors (Lipinski definition) is 3. The lowest BCUT2D eigenvalue weighted by Crippen LogP contribution is -2.51. The van der Waals surface area contributed by atoms with Crippen molar-refractivity contribution in [2.45, 2.75) is 45.3 Å². The number of pyridine rings is 1. The van der Waals surface area contributed by atoms with E-state index in [9.17, 15) is 18.0 Å². The van der Waals surface area contributed by atoms with Gasteiger partial charge in [0.05, 0.1) is 23.5 Å². The summed E-state index contributed by atoms with van der Waals surface area (Å²) in [6, 6.07) is 1.10. The van der Waals surface area contributed by atoms with Gasteiger partial charge >= 0.3 is 6.18 Å². The van der Waals surface area contributed by atoms with Gasteiger partial charge < -0.3 is 26.1 Å². The number of rotatable bonds is 7. The number of furan rings is 1. The molecular weight excluding hydrogens is 449 g/mol. The number of carbonyl (C=O) groups is 1. The summed E-state index contributed by atoms with van der Waals surface area (Å²) in [5.41, 5.74) is 14.1. The second-order valence-electron chi connectivity index (χ2n) is 8.27. The Kier molecular flexibility index (Phi) is 7.65. The van der Waals surface area contributed by atoms with Gasteiger partial charge in [0, 0.05) is 25.3 Å². The Hall–Kier alpha value is -3.34. The van der Waals surface area contributed by atoms with Crippen LogP contribution in [-0.4, -0.2) is 47.8 Å². The first kappa shape index (κ1) is 25.3. The van der Waals surface area contributed by atoms with E-state index in [1.165, 1.54) is 11.1 Å². The van der Waals surface area contributed by atoms with Gasteiger partial charge in [-0.25, -0.2) is 0 Å². The summed E-state index contributed by atoms with van der Waals surface area (Å²) < 4.78 is 45.8. The normalized spacial score (nSPS) is 20.0. The maximum Gasteiger partial charge on any atom is 0.393 e. The van der Waals surface area contributed by atoms with Crippen LogP contribution in [0.2, 0.25) is 0 Å². The maximum atomic E-state index is 13.4. The van der Waals surface area contributed by atoms with Crippen LogP contribution in [0.5, 0.6) is 0 Å². The third-order valence-electron chi connectivity index (χ3n) is 5.68. The first-order chi connectivity index (χ1) is 16.1. The lowest BCUT2D eigenvalue weighted by Gasteiger charge is -2.40. The van der Waals surface area contributed by atoms with E-state index < -0.39 is 24.0 Å². The molecule has 11 heteroatoms. The fraction of sp³-hybridized carbons (Fsp3) is 0.435. The molecule has 0 aliphatic carbocycles. The number of anilines is 1. The summed E-state index contributed by atoms with van der Waals surface area (Å²) in [5.74, 6) is -2.33.